The van der Waals surface area contributed by atoms with Crippen molar-refractivity contribution in [3.63, 3.8) is 0 Å². The quantitative estimate of drug-likeness (QED) is 0.741. The number of hydrogen-bond acceptors (Lipinski definition) is 4. The standard InChI is InChI=1S/C9H6ClNO2S/c1-5-7(9(10)12)8(11-13-5)6-3-2-4-14-6/h2-4H,1H3. The van der Waals surface area contributed by atoms with Crippen LogP contribution in [0.25, 0.3) is 10.6 Å². The molecule has 0 aliphatic carbocycles. The normalized spacial score (nSPS) is 10.4. The lowest BCUT2D eigenvalue weighted by Gasteiger charge is -1.91. The van der Waals surface area contributed by atoms with Crippen molar-refractivity contribution in [3.05, 3.63) is 28.8 Å². The predicted molar refractivity (Wildman–Crippen MR) is 54.7 cm³/mol. The van der Waals surface area contributed by atoms with E-state index in [2.05, 4.69) is 5.16 Å². The van der Waals surface area contributed by atoms with E-state index in [1.54, 1.807) is 6.92 Å². The molecule has 0 atom stereocenters. The lowest BCUT2D eigenvalue weighted by molar-refractivity contribution is 0.108. The van der Waals surface area contributed by atoms with Crippen LogP contribution < -0.4 is 0 Å². The summed E-state index contributed by atoms with van der Waals surface area (Å²) in [4.78, 5) is 12.0. The van der Waals surface area contributed by atoms with Gasteiger partial charge in [0.15, 0.2) is 0 Å². The number of carbonyl (C=O) groups excluding carboxylic acids is 1. The van der Waals surface area contributed by atoms with Gasteiger partial charge in [0.05, 0.1) is 4.88 Å². The van der Waals surface area contributed by atoms with E-state index < -0.39 is 5.24 Å². The Morgan fingerprint density at radius 1 is 1.64 bits per heavy atom. The van der Waals surface area contributed by atoms with Crippen molar-refractivity contribution in [2.24, 2.45) is 0 Å². The first-order valence-corrected chi connectivity index (χ1v) is 5.16. The molecule has 0 aliphatic rings. The molecule has 0 unspecified atom stereocenters. The van der Waals surface area contributed by atoms with Crippen LogP contribution in [0.15, 0.2) is 22.0 Å². The zero-order chi connectivity index (χ0) is 10.1. The van der Waals surface area contributed by atoms with Crippen LogP contribution in [0.2, 0.25) is 0 Å². The van der Waals surface area contributed by atoms with Crippen LogP contribution in [0.5, 0.6) is 0 Å². The monoisotopic (exact) mass is 227 g/mol. The second-order valence-electron chi connectivity index (χ2n) is 2.71. The summed E-state index contributed by atoms with van der Waals surface area (Å²) in [6, 6.07) is 3.75. The van der Waals surface area contributed by atoms with Gasteiger partial charge < -0.3 is 4.52 Å². The SMILES string of the molecule is Cc1onc(-c2cccs2)c1C(=O)Cl. The highest BCUT2D eigenvalue weighted by Crippen LogP contribution is 2.29. The molecule has 2 rings (SSSR count). The number of carbonyl (C=O) groups is 1. The maximum atomic E-state index is 11.1. The molecule has 3 nitrogen and oxygen atoms in total. The zero-order valence-electron chi connectivity index (χ0n) is 7.28. The van der Waals surface area contributed by atoms with Crippen LogP contribution in [-0.4, -0.2) is 10.4 Å². The molecule has 2 heterocycles. The molecule has 2 aromatic rings. The van der Waals surface area contributed by atoms with Crippen molar-refractivity contribution in [2.45, 2.75) is 6.92 Å². The Morgan fingerprint density at radius 2 is 2.43 bits per heavy atom. The average molecular weight is 228 g/mol. The maximum Gasteiger partial charge on any atom is 0.258 e. The molecule has 0 aromatic carbocycles. The predicted octanol–water partition coefficient (Wildman–Crippen LogP) is 3.09. The van der Waals surface area contributed by atoms with Gasteiger partial charge in [-0.1, -0.05) is 11.2 Å². The van der Waals surface area contributed by atoms with Crippen LogP contribution in [-0.2, 0) is 0 Å². The number of aryl methyl sites for hydroxylation is 1. The molecule has 0 N–H and O–H groups in total. The van der Waals surface area contributed by atoms with Gasteiger partial charge >= 0.3 is 0 Å². The molecule has 0 fully saturated rings. The molecule has 14 heavy (non-hydrogen) atoms. The van der Waals surface area contributed by atoms with E-state index in [9.17, 15) is 4.79 Å². The lowest BCUT2D eigenvalue weighted by atomic mass is 10.2. The third-order valence-corrected chi connectivity index (χ3v) is 2.88. The van der Waals surface area contributed by atoms with Crippen molar-refractivity contribution in [1.82, 2.24) is 5.16 Å². The van der Waals surface area contributed by atoms with E-state index in [4.69, 9.17) is 16.1 Å². The minimum atomic E-state index is -0.535. The van der Waals surface area contributed by atoms with E-state index in [0.717, 1.165) is 4.88 Å². The average Bonchev–Trinajstić information content (AvgIpc) is 2.70. The summed E-state index contributed by atoms with van der Waals surface area (Å²) in [5.74, 6) is 0.452. The molecule has 0 radical (unpaired) electrons. The van der Waals surface area contributed by atoms with Crippen molar-refractivity contribution in [3.8, 4) is 10.6 Å². The fraction of sp³-hybridized carbons (Fsp3) is 0.111. The van der Waals surface area contributed by atoms with Crippen LogP contribution in [0.1, 0.15) is 16.1 Å². The largest absolute Gasteiger partial charge is 0.360 e. The van der Waals surface area contributed by atoms with Gasteiger partial charge in [-0.2, -0.15) is 0 Å². The molecule has 0 spiro atoms. The van der Waals surface area contributed by atoms with Crippen LogP contribution in [0, 0.1) is 6.92 Å². The molecule has 0 aliphatic heterocycles. The summed E-state index contributed by atoms with van der Waals surface area (Å²) in [7, 11) is 0. The summed E-state index contributed by atoms with van der Waals surface area (Å²) in [6.07, 6.45) is 0. The van der Waals surface area contributed by atoms with E-state index in [1.165, 1.54) is 11.3 Å². The van der Waals surface area contributed by atoms with Gasteiger partial charge in [0.2, 0.25) is 0 Å². The van der Waals surface area contributed by atoms with Crippen molar-refractivity contribution in [2.75, 3.05) is 0 Å². The number of thiophene rings is 1. The van der Waals surface area contributed by atoms with E-state index in [0.29, 0.717) is 17.0 Å². The highest BCUT2D eigenvalue weighted by molar-refractivity contribution is 7.13. The van der Waals surface area contributed by atoms with Gasteiger partial charge in [-0.25, -0.2) is 0 Å². The first-order chi connectivity index (χ1) is 6.70. The zero-order valence-corrected chi connectivity index (χ0v) is 8.85. The Kier molecular flexibility index (Phi) is 2.39. The minimum absolute atomic E-state index is 0.356. The summed E-state index contributed by atoms with van der Waals surface area (Å²) < 4.78 is 4.93. The van der Waals surface area contributed by atoms with Gasteiger partial charge in [-0.05, 0) is 30.0 Å². The van der Waals surface area contributed by atoms with Gasteiger partial charge in [0.1, 0.15) is 17.0 Å². The number of hydrogen-bond donors (Lipinski definition) is 0. The third kappa shape index (κ3) is 1.47. The summed E-state index contributed by atoms with van der Waals surface area (Å²) >= 11 is 6.93. The summed E-state index contributed by atoms with van der Waals surface area (Å²) in [5, 5.41) is 5.18. The smallest absolute Gasteiger partial charge is 0.258 e. The molecule has 5 heteroatoms. The van der Waals surface area contributed by atoms with Crippen LogP contribution in [0.3, 0.4) is 0 Å². The fourth-order valence-corrected chi connectivity index (χ4v) is 2.12. The van der Waals surface area contributed by atoms with Gasteiger partial charge in [-0.3, -0.25) is 4.79 Å². The van der Waals surface area contributed by atoms with Crippen molar-refractivity contribution < 1.29 is 9.32 Å². The lowest BCUT2D eigenvalue weighted by Crippen LogP contribution is -1.91. The fourth-order valence-electron chi connectivity index (χ4n) is 1.19. The Morgan fingerprint density at radius 3 is 3.00 bits per heavy atom. The minimum Gasteiger partial charge on any atom is -0.360 e. The number of aromatic nitrogens is 1. The molecule has 0 bridgehead atoms. The Hall–Kier alpha value is -1.13. The molecule has 0 saturated carbocycles. The topological polar surface area (TPSA) is 43.1 Å². The highest BCUT2D eigenvalue weighted by atomic mass is 35.5. The molecular weight excluding hydrogens is 222 g/mol. The molecule has 0 saturated heterocycles. The third-order valence-electron chi connectivity index (χ3n) is 1.81. The van der Waals surface area contributed by atoms with E-state index in [-0.39, 0.29) is 0 Å². The maximum absolute atomic E-state index is 11.1. The molecule has 2 aromatic heterocycles. The summed E-state index contributed by atoms with van der Waals surface area (Å²) in [6.45, 7) is 1.67. The Bertz CT molecular complexity index is 461. The first-order valence-electron chi connectivity index (χ1n) is 3.90. The highest BCUT2D eigenvalue weighted by Gasteiger charge is 2.20. The van der Waals surface area contributed by atoms with Crippen LogP contribution in [0.4, 0.5) is 0 Å². The van der Waals surface area contributed by atoms with Gasteiger partial charge in [0, 0.05) is 0 Å². The number of halogens is 1. The van der Waals surface area contributed by atoms with E-state index in [1.807, 2.05) is 17.5 Å². The summed E-state index contributed by atoms with van der Waals surface area (Å²) in [5.41, 5.74) is 0.881. The second kappa shape index (κ2) is 3.55. The molecular formula is C9H6ClNO2S. The number of nitrogens with zero attached hydrogens (tertiary/aromatic N) is 1. The van der Waals surface area contributed by atoms with E-state index >= 15 is 0 Å². The Balaban J connectivity index is 2.60. The van der Waals surface area contributed by atoms with Crippen molar-refractivity contribution in [1.29, 1.82) is 0 Å². The second-order valence-corrected chi connectivity index (χ2v) is 4.00. The Labute approximate surface area is 89.3 Å². The van der Waals surface area contributed by atoms with Crippen LogP contribution >= 0.6 is 22.9 Å². The van der Waals surface area contributed by atoms with Gasteiger partial charge in [0.25, 0.3) is 5.24 Å². The van der Waals surface area contributed by atoms with Crippen molar-refractivity contribution >= 4 is 28.2 Å². The van der Waals surface area contributed by atoms with Gasteiger partial charge in [-0.15, -0.1) is 11.3 Å². The first kappa shape index (κ1) is 9.43. The molecule has 72 valence electrons. The molecule has 0 amide bonds. The number of rotatable bonds is 2.